The summed E-state index contributed by atoms with van der Waals surface area (Å²) in [5, 5.41) is 13.7. The van der Waals surface area contributed by atoms with Crippen LogP contribution in [0.2, 0.25) is 0 Å². The van der Waals surface area contributed by atoms with Gasteiger partial charge in [-0.3, -0.25) is 9.88 Å². The Kier molecular flexibility index (Phi) is 6.51. The topological polar surface area (TPSA) is 68.2 Å². The second-order valence-electron chi connectivity index (χ2n) is 8.10. The molecule has 1 aliphatic heterocycles. The van der Waals surface area contributed by atoms with Gasteiger partial charge in [0.15, 0.2) is 0 Å². The smallest absolute Gasteiger partial charge is 0.250 e. The number of hydrogen-bond acceptors (Lipinski definition) is 4. The van der Waals surface area contributed by atoms with Gasteiger partial charge < -0.3 is 10.1 Å². The lowest BCUT2D eigenvalue weighted by Gasteiger charge is -2.26. The normalized spacial score (nSPS) is 15.0. The van der Waals surface area contributed by atoms with Gasteiger partial charge in [0.2, 0.25) is 11.5 Å². The molecule has 0 saturated carbocycles. The van der Waals surface area contributed by atoms with E-state index in [0.717, 1.165) is 85.9 Å². The van der Waals surface area contributed by atoms with Gasteiger partial charge in [0.05, 0.1) is 19.8 Å². The fraction of sp³-hybridized carbons (Fsp3) is 0.500. The largest absolute Gasteiger partial charge is 0.379 e. The number of ether oxygens (including phenoxy) is 1. The van der Waals surface area contributed by atoms with Crippen molar-refractivity contribution in [1.82, 2.24) is 9.88 Å². The van der Waals surface area contributed by atoms with Crippen molar-refractivity contribution in [3.05, 3.63) is 41.0 Å². The molecule has 0 radical (unpaired) electrons. The molecule has 30 heavy (non-hydrogen) atoms. The van der Waals surface area contributed by atoms with Gasteiger partial charge in [-0.25, -0.2) is 0 Å². The Morgan fingerprint density at radius 1 is 1.23 bits per heavy atom. The van der Waals surface area contributed by atoms with Crippen LogP contribution in [0.5, 0.6) is 0 Å². The number of aromatic nitrogens is 2. The highest BCUT2D eigenvalue weighted by Crippen LogP contribution is 2.27. The van der Waals surface area contributed by atoms with E-state index in [-0.39, 0.29) is 0 Å². The molecule has 6 nitrogen and oxygen atoms in total. The molecule has 0 bridgehead atoms. The summed E-state index contributed by atoms with van der Waals surface area (Å²) in [6.45, 7) is 9.81. The van der Waals surface area contributed by atoms with Crippen LogP contribution in [-0.2, 0) is 11.2 Å². The van der Waals surface area contributed by atoms with Gasteiger partial charge in [-0.15, -0.1) is 0 Å². The summed E-state index contributed by atoms with van der Waals surface area (Å²) < 4.78 is 7.70. The number of rotatable bonds is 8. The summed E-state index contributed by atoms with van der Waals surface area (Å²) in [6, 6.07) is 10.8. The Hall–Kier alpha value is -2.62. The molecule has 1 aromatic carbocycles. The molecule has 2 aromatic heterocycles. The molecule has 3 aromatic rings. The summed E-state index contributed by atoms with van der Waals surface area (Å²) in [5.74, 6) is 1.13. The Morgan fingerprint density at radius 2 is 2.03 bits per heavy atom. The third-order valence-electron chi connectivity index (χ3n) is 6.16. The molecule has 1 aliphatic rings. The number of unbranched alkanes of at least 4 members (excludes halogenated alkanes) is 2. The first-order valence-corrected chi connectivity index (χ1v) is 11.2. The molecule has 1 saturated heterocycles. The van der Waals surface area contributed by atoms with E-state index in [2.05, 4.69) is 57.7 Å². The predicted molar refractivity (Wildman–Crippen MR) is 120 cm³/mol. The fourth-order valence-electron chi connectivity index (χ4n) is 4.46. The number of para-hydroxylation sites is 2. The maximum Gasteiger partial charge on any atom is 0.250 e. The second-order valence-corrected chi connectivity index (χ2v) is 8.10. The van der Waals surface area contributed by atoms with Crippen molar-refractivity contribution in [1.29, 1.82) is 5.26 Å². The van der Waals surface area contributed by atoms with E-state index in [0.29, 0.717) is 0 Å². The monoisotopic (exact) mass is 406 g/mol. The van der Waals surface area contributed by atoms with Crippen molar-refractivity contribution >= 4 is 22.5 Å². The summed E-state index contributed by atoms with van der Waals surface area (Å²) >= 11 is 0. The molecule has 0 spiro atoms. The summed E-state index contributed by atoms with van der Waals surface area (Å²) in [7, 11) is 0. The lowest BCUT2D eigenvalue weighted by atomic mass is 9.99. The highest BCUT2D eigenvalue weighted by Gasteiger charge is 2.25. The Morgan fingerprint density at radius 3 is 2.80 bits per heavy atom. The molecule has 0 amide bonds. The van der Waals surface area contributed by atoms with Crippen LogP contribution in [0, 0.1) is 18.3 Å². The van der Waals surface area contributed by atoms with E-state index < -0.39 is 0 Å². The molecule has 4 rings (SSSR count). The predicted octanol–water partition coefficient (Wildman–Crippen LogP) is 3.56. The first-order valence-electron chi connectivity index (χ1n) is 11.2. The Labute approximate surface area is 178 Å². The maximum absolute atomic E-state index is 9.95. The van der Waals surface area contributed by atoms with E-state index in [1.165, 1.54) is 18.4 Å². The van der Waals surface area contributed by atoms with Crippen molar-refractivity contribution in [2.75, 3.05) is 44.7 Å². The van der Waals surface area contributed by atoms with Crippen LogP contribution in [0.3, 0.4) is 0 Å². The van der Waals surface area contributed by atoms with Crippen molar-refractivity contribution in [2.24, 2.45) is 0 Å². The second kappa shape index (κ2) is 9.46. The molecule has 6 heteroatoms. The molecule has 1 fully saturated rings. The Balaban J connectivity index is 1.77. The molecular weight excluding hydrogens is 374 g/mol. The third-order valence-corrected chi connectivity index (χ3v) is 6.16. The fourth-order valence-corrected chi connectivity index (χ4v) is 4.46. The van der Waals surface area contributed by atoms with Crippen LogP contribution in [0.4, 0.5) is 5.82 Å². The number of pyridine rings is 1. The Bertz CT molecular complexity index is 1060. The minimum atomic E-state index is 0.747. The lowest BCUT2D eigenvalue weighted by Crippen LogP contribution is -2.40. The molecular formula is C24H32N5O+. The number of nitriles is 1. The van der Waals surface area contributed by atoms with Gasteiger partial charge in [0.25, 0.3) is 0 Å². The van der Waals surface area contributed by atoms with E-state index >= 15 is 0 Å². The average molecular weight is 407 g/mol. The average Bonchev–Trinajstić information content (AvgIpc) is 3.15. The van der Waals surface area contributed by atoms with Crippen LogP contribution in [0.25, 0.3) is 16.7 Å². The number of nitrogens with one attached hydrogen (secondary N) is 2. The van der Waals surface area contributed by atoms with Crippen molar-refractivity contribution in [3.63, 3.8) is 0 Å². The number of aromatic amines is 1. The first-order chi connectivity index (χ1) is 14.7. The van der Waals surface area contributed by atoms with Crippen molar-refractivity contribution in [2.45, 2.75) is 39.5 Å². The van der Waals surface area contributed by atoms with Crippen LogP contribution >= 0.6 is 0 Å². The minimum absolute atomic E-state index is 0.747. The zero-order chi connectivity index (χ0) is 20.9. The standard InChI is InChI=1S/C24H31N5O/c1-3-4-5-8-19-18(2)20(17-25)24-27-21-9-6-7-10-22(21)29(24)23(19)26-11-12-28-13-15-30-16-14-28/h6-7,9-10H,3-5,8,11-16H2,1-2H3,(H,26,27)/p+1. The number of imidazole rings is 1. The number of nitrogens with zero attached hydrogens (tertiary/aromatic N) is 3. The van der Waals surface area contributed by atoms with Gasteiger partial charge >= 0.3 is 0 Å². The first kappa shape index (κ1) is 20.6. The molecule has 0 unspecified atom stereocenters. The molecule has 3 heterocycles. The molecule has 0 atom stereocenters. The van der Waals surface area contributed by atoms with E-state index in [4.69, 9.17) is 4.74 Å². The van der Waals surface area contributed by atoms with E-state index in [1.54, 1.807) is 0 Å². The number of anilines is 1. The highest BCUT2D eigenvalue weighted by molar-refractivity contribution is 5.78. The van der Waals surface area contributed by atoms with Gasteiger partial charge in [-0.1, -0.05) is 31.9 Å². The molecule has 158 valence electrons. The lowest BCUT2D eigenvalue weighted by molar-refractivity contribution is -0.465. The zero-order valence-corrected chi connectivity index (χ0v) is 18.1. The maximum atomic E-state index is 9.95. The van der Waals surface area contributed by atoms with Gasteiger partial charge in [-0.05, 0) is 37.5 Å². The SMILES string of the molecule is CCCCCc1c(C)c(C#N)c2[nH]c3ccccc3[n+]2c1NCCN1CCOCC1. The van der Waals surface area contributed by atoms with Gasteiger partial charge in [-0.2, -0.15) is 9.66 Å². The summed E-state index contributed by atoms with van der Waals surface area (Å²) in [6.07, 6.45) is 4.50. The summed E-state index contributed by atoms with van der Waals surface area (Å²) in [5.41, 5.74) is 6.14. The van der Waals surface area contributed by atoms with Crippen molar-refractivity contribution in [3.8, 4) is 6.07 Å². The minimum Gasteiger partial charge on any atom is -0.379 e. The van der Waals surface area contributed by atoms with Crippen LogP contribution < -0.4 is 9.72 Å². The van der Waals surface area contributed by atoms with Crippen LogP contribution in [0.1, 0.15) is 42.9 Å². The van der Waals surface area contributed by atoms with Crippen LogP contribution in [0.15, 0.2) is 24.3 Å². The number of morpholine rings is 1. The molecule has 0 aliphatic carbocycles. The number of H-pyrrole nitrogens is 1. The molecule has 2 N–H and O–H groups in total. The van der Waals surface area contributed by atoms with Gasteiger partial charge in [0.1, 0.15) is 22.7 Å². The third kappa shape index (κ3) is 4.00. The number of fused-ring (bicyclic) bond motifs is 3. The van der Waals surface area contributed by atoms with E-state index in [9.17, 15) is 5.26 Å². The van der Waals surface area contributed by atoms with Gasteiger partial charge in [0, 0.05) is 25.2 Å². The number of hydrogen-bond donors (Lipinski definition) is 2. The van der Waals surface area contributed by atoms with Crippen molar-refractivity contribution < 1.29 is 9.14 Å². The zero-order valence-electron chi connectivity index (χ0n) is 18.1. The quantitative estimate of drug-likeness (QED) is 0.443. The summed E-state index contributed by atoms with van der Waals surface area (Å²) in [4.78, 5) is 5.93. The number of benzene rings is 1. The van der Waals surface area contributed by atoms with Crippen LogP contribution in [-0.4, -0.2) is 49.3 Å². The highest BCUT2D eigenvalue weighted by atomic mass is 16.5. The van der Waals surface area contributed by atoms with E-state index in [1.807, 2.05) is 6.07 Å².